The fourth-order valence-corrected chi connectivity index (χ4v) is 6.24. The molecule has 10 nitrogen and oxygen atoms in total. The average Bonchev–Trinajstić information content (AvgIpc) is 2.93. The minimum Gasteiger partial charge on any atom is -0.490 e. The molecule has 0 radical (unpaired) electrons. The quantitative estimate of drug-likeness (QED) is 0.490. The summed E-state index contributed by atoms with van der Waals surface area (Å²) in [6, 6.07) is 4.17. The number of nitrogens with zero attached hydrogens (tertiary/aromatic N) is 2. The lowest BCUT2D eigenvalue weighted by Gasteiger charge is -2.36. The largest absolute Gasteiger partial charge is 0.490 e. The second-order valence-corrected chi connectivity index (χ2v) is 13.7. The molecule has 2 amide bonds. The van der Waals surface area contributed by atoms with Crippen LogP contribution in [0, 0.1) is 11.8 Å². The molecule has 1 aliphatic heterocycles. The van der Waals surface area contributed by atoms with Crippen LogP contribution in [0.5, 0.6) is 5.75 Å². The van der Waals surface area contributed by atoms with E-state index in [4.69, 9.17) is 9.47 Å². The minimum absolute atomic E-state index is 0.0581. The lowest BCUT2D eigenvalue weighted by Crippen LogP contribution is -2.48. The van der Waals surface area contributed by atoms with Crippen LogP contribution in [0.2, 0.25) is 0 Å². The molecule has 1 saturated carbocycles. The van der Waals surface area contributed by atoms with Crippen molar-refractivity contribution in [3.8, 4) is 5.75 Å². The molecule has 2 N–H and O–H groups in total. The molecule has 11 heteroatoms. The van der Waals surface area contributed by atoms with Gasteiger partial charge in [-0.1, -0.05) is 26.2 Å². The number of sulfonamides is 1. The number of carbonyl (C=O) groups is 2. The van der Waals surface area contributed by atoms with Crippen LogP contribution >= 0.6 is 0 Å². The predicted octanol–water partition coefficient (Wildman–Crippen LogP) is 3.89. The summed E-state index contributed by atoms with van der Waals surface area (Å²) in [7, 11) is -1.73. The highest BCUT2D eigenvalue weighted by atomic mass is 32.2. The van der Waals surface area contributed by atoms with E-state index in [1.54, 1.807) is 28.9 Å². The Labute approximate surface area is 245 Å². The zero-order valence-corrected chi connectivity index (χ0v) is 26.1. The molecule has 1 fully saturated rings. The average molecular weight is 596 g/mol. The summed E-state index contributed by atoms with van der Waals surface area (Å²) in [5.74, 6) is 0.0514. The summed E-state index contributed by atoms with van der Waals surface area (Å²) >= 11 is 0. The highest BCUT2D eigenvalue weighted by molar-refractivity contribution is 7.92. The number of benzene rings is 1. The molecule has 0 aromatic heterocycles. The molecule has 3 rings (SSSR count). The van der Waals surface area contributed by atoms with Gasteiger partial charge in [0.2, 0.25) is 15.9 Å². The molecule has 1 aromatic rings. The number of aliphatic hydroxyl groups excluding tert-OH is 1. The molecule has 1 aromatic carbocycles. The first-order valence-electron chi connectivity index (χ1n) is 15.0. The van der Waals surface area contributed by atoms with Crippen molar-refractivity contribution in [1.29, 1.82) is 0 Å². The Hall–Kier alpha value is -2.37. The second kappa shape index (κ2) is 15.2. The van der Waals surface area contributed by atoms with Crippen LogP contribution in [-0.4, -0.2) is 93.0 Å². The lowest BCUT2D eigenvalue weighted by atomic mass is 9.88. The van der Waals surface area contributed by atoms with Gasteiger partial charge in [-0.05, 0) is 64.2 Å². The van der Waals surface area contributed by atoms with Crippen molar-refractivity contribution in [3.63, 3.8) is 0 Å². The first kappa shape index (κ1) is 33.1. The number of fused-ring (bicyclic) bond motifs is 1. The van der Waals surface area contributed by atoms with Crippen molar-refractivity contribution >= 4 is 27.5 Å². The Morgan fingerprint density at radius 3 is 2.49 bits per heavy atom. The normalized spacial score (nSPS) is 24.5. The Balaban J connectivity index is 1.92. The van der Waals surface area contributed by atoms with Gasteiger partial charge in [-0.2, -0.15) is 0 Å². The van der Waals surface area contributed by atoms with Crippen LogP contribution in [0.15, 0.2) is 18.2 Å². The molecule has 0 unspecified atom stereocenters. The fraction of sp³-hybridized carbons (Fsp3) is 0.733. The van der Waals surface area contributed by atoms with E-state index < -0.39 is 16.1 Å². The lowest BCUT2D eigenvalue weighted by molar-refractivity contribution is -0.137. The maximum absolute atomic E-state index is 14.1. The van der Waals surface area contributed by atoms with Crippen molar-refractivity contribution in [1.82, 2.24) is 9.80 Å². The molecular formula is C30H49N3O7S. The van der Waals surface area contributed by atoms with Gasteiger partial charge < -0.3 is 24.4 Å². The third-order valence-electron chi connectivity index (χ3n) is 8.14. The first-order chi connectivity index (χ1) is 19.4. The van der Waals surface area contributed by atoms with E-state index in [2.05, 4.69) is 4.72 Å². The summed E-state index contributed by atoms with van der Waals surface area (Å²) in [6.07, 6.45) is 8.21. The summed E-state index contributed by atoms with van der Waals surface area (Å²) in [6.45, 7) is 6.69. The third-order valence-corrected chi connectivity index (χ3v) is 8.75. The molecule has 232 valence electrons. The summed E-state index contributed by atoms with van der Waals surface area (Å²) < 4.78 is 38.8. The highest BCUT2D eigenvalue weighted by Crippen LogP contribution is 2.29. The van der Waals surface area contributed by atoms with Gasteiger partial charge >= 0.3 is 0 Å². The molecule has 1 heterocycles. The number of likely N-dealkylation sites (N-methyl/N-ethyl adjacent to an activating group) is 1. The van der Waals surface area contributed by atoms with Gasteiger partial charge in [-0.15, -0.1) is 0 Å². The number of carbonyl (C=O) groups excluding carboxylic acids is 2. The molecule has 1 aliphatic carbocycles. The van der Waals surface area contributed by atoms with Gasteiger partial charge in [0.1, 0.15) is 5.75 Å². The Morgan fingerprint density at radius 2 is 1.83 bits per heavy atom. The minimum atomic E-state index is -3.56. The maximum Gasteiger partial charge on any atom is 0.258 e. The summed E-state index contributed by atoms with van der Waals surface area (Å²) in [5.41, 5.74) is 0.475. The van der Waals surface area contributed by atoms with Gasteiger partial charge in [-0.3, -0.25) is 14.3 Å². The smallest absolute Gasteiger partial charge is 0.258 e. The van der Waals surface area contributed by atoms with Crippen molar-refractivity contribution < 1.29 is 32.6 Å². The van der Waals surface area contributed by atoms with Crippen LogP contribution in [-0.2, 0) is 19.6 Å². The SMILES string of the molecule is C[C@@H]1CCCCO[C@@H](CN(C)C(=O)C2CCCCC2)[C@@H](C)CN([C@@H](C)CO)C(=O)c2cc(NS(C)(=O)=O)ccc2O1. The van der Waals surface area contributed by atoms with Crippen molar-refractivity contribution in [2.45, 2.75) is 90.4 Å². The fourth-order valence-electron chi connectivity index (χ4n) is 5.68. The molecule has 0 spiro atoms. The van der Waals surface area contributed by atoms with Crippen LogP contribution in [0.1, 0.15) is 82.5 Å². The Morgan fingerprint density at radius 1 is 1.15 bits per heavy atom. The number of amides is 2. The zero-order valence-electron chi connectivity index (χ0n) is 25.3. The van der Waals surface area contributed by atoms with Gasteiger partial charge in [0.15, 0.2) is 0 Å². The van der Waals surface area contributed by atoms with Gasteiger partial charge in [-0.25, -0.2) is 8.42 Å². The number of hydrogen-bond donors (Lipinski definition) is 2. The van der Waals surface area contributed by atoms with Crippen molar-refractivity contribution in [3.05, 3.63) is 23.8 Å². The molecule has 0 saturated heterocycles. The Bertz CT molecular complexity index is 1120. The number of aliphatic hydroxyl groups is 1. The summed E-state index contributed by atoms with van der Waals surface area (Å²) in [5, 5.41) is 10.1. The van der Waals surface area contributed by atoms with Crippen LogP contribution in [0.4, 0.5) is 5.69 Å². The third kappa shape index (κ3) is 9.85. The highest BCUT2D eigenvalue weighted by Gasteiger charge is 2.32. The first-order valence-corrected chi connectivity index (χ1v) is 16.9. The van der Waals surface area contributed by atoms with Gasteiger partial charge in [0.25, 0.3) is 5.91 Å². The number of rotatable bonds is 7. The summed E-state index contributed by atoms with van der Waals surface area (Å²) in [4.78, 5) is 30.7. The number of anilines is 1. The van der Waals surface area contributed by atoms with Crippen LogP contribution in [0.25, 0.3) is 0 Å². The molecule has 4 atom stereocenters. The monoisotopic (exact) mass is 595 g/mol. The van der Waals surface area contributed by atoms with E-state index in [1.807, 2.05) is 20.9 Å². The van der Waals surface area contributed by atoms with Gasteiger partial charge in [0.05, 0.1) is 36.7 Å². The molecule has 41 heavy (non-hydrogen) atoms. The number of hydrogen-bond acceptors (Lipinski definition) is 7. The van der Waals surface area contributed by atoms with E-state index in [0.29, 0.717) is 18.9 Å². The number of nitrogens with one attached hydrogen (secondary N) is 1. The van der Waals surface area contributed by atoms with Gasteiger partial charge in [0, 0.05) is 44.3 Å². The van der Waals surface area contributed by atoms with Crippen LogP contribution < -0.4 is 9.46 Å². The van der Waals surface area contributed by atoms with E-state index in [-0.39, 0.29) is 60.3 Å². The molecule has 2 aliphatic rings. The molecular weight excluding hydrogens is 546 g/mol. The maximum atomic E-state index is 14.1. The molecule has 0 bridgehead atoms. The Kier molecular flexibility index (Phi) is 12.3. The van der Waals surface area contributed by atoms with Crippen LogP contribution in [0.3, 0.4) is 0 Å². The van der Waals surface area contributed by atoms with E-state index >= 15 is 0 Å². The van der Waals surface area contributed by atoms with Crippen molar-refractivity contribution in [2.24, 2.45) is 11.8 Å². The second-order valence-electron chi connectivity index (χ2n) is 11.9. The zero-order chi connectivity index (χ0) is 30.2. The standard InChI is InChI=1S/C30H49N3O7S/c1-21-18-33(22(2)20-34)30(36)26-17-25(31-41(5,37)38)14-15-27(26)40-23(3)11-9-10-16-39-28(21)19-32(4)29(35)24-12-7-6-8-13-24/h14-15,17,21-24,28,31,34H,6-13,16,18-20H2,1-5H3/t21-,22-,23+,28-/m0/s1. The van der Waals surface area contributed by atoms with Crippen molar-refractivity contribution in [2.75, 3.05) is 44.3 Å². The predicted molar refractivity (Wildman–Crippen MR) is 160 cm³/mol. The van der Waals surface area contributed by atoms with E-state index in [9.17, 15) is 23.1 Å². The van der Waals surface area contributed by atoms with E-state index in [1.165, 1.54) is 12.5 Å². The number of ether oxygens (including phenoxy) is 2. The van der Waals surface area contributed by atoms with E-state index in [0.717, 1.165) is 51.2 Å². The topological polar surface area (TPSA) is 125 Å².